The van der Waals surface area contributed by atoms with E-state index in [9.17, 15) is 18.0 Å². The number of rotatable bonds is 4. The summed E-state index contributed by atoms with van der Waals surface area (Å²) in [5.74, 6) is 0.0269. The third-order valence-electron chi connectivity index (χ3n) is 3.37. The van der Waals surface area contributed by atoms with Crippen LogP contribution in [0.15, 0.2) is 35.0 Å². The molecule has 2 aromatic rings. The van der Waals surface area contributed by atoms with Crippen molar-refractivity contribution in [2.45, 2.75) is 32.4 Å². The molecule has 4 nitrogen and oxygen atoms in total. The molecule has 118 valence electrons. The van der Waals surface area contributed by atoms with E-state index in [0.29, 0.717) is 5.76 Å². The summed E-state index contributed by atoms with van der Waals surface area (Å²) in [6, 6.07) is 4.24. The van der Waals surface area contributed by atoms with Crippen LogP contribution in [-0.2, 0) is 6.18 Å². The zero-order valence-corrected chi connectivity index (χ0v) is 12.1. The van der Waals surface area contributed by atoms with Crippen LogP contribution < -0.4 is 5.32 Å². The second-order valence-electron chi connectivity index (χ2n) is 4.94. The van der Waals surface area contributed by atoms with E-state index in [0.717, 1.165) is 18.6 Å². The Labute approximate surface area is 125 Å². The number of carbonyl (C=O) groups excluding carboxylic acids is 1. The Morgan fingerprint density at radius 3 is 2.50 bits per heavy atom. The van der Waals surface area contributed by atoms with Crippen LogP contribution in [0.1, 0.15) is 47.9 Å². The Morgan fingerprint density at radius 1 is 1.32 bits per heavy atom. The normalized spacial score (nSPS) is 13.0. The number of nitrogens with zero attached hydrogens (tertiary/aromatic N) is 1. The molecular formula is C15H15F3N2O2. The van der Waals surface area contributed by atoms with Crippen molar-refractivity contribution in [3.63, 3.8) is 0 Å². The number of alkyl halides is 3. The topological polar surface area (TPSA) is 55.1 Å². The molecule has 2 rings (SSSR count). The molecule has 0 aliphatic carbocycles. The van der Waals surface area contributed by atoms with E-state index in [1.165, 1.54) is 18.3 Å². The van der Waals surface area contributed by atoms with Crippen LogP contribution in [0.5, 0.6) is 0 Å². The van der Waals surface area contributed by atoms with Gasteiger partial charge in [-0.3, -0.25) is 4.79 Å². The summed E-state index contributed by atoms with van der Waals surface area (Å²) in [6.07, 6.45) is -2.32. The second kappa shape index (κ2) is 6.21. The highest BCUT2D eigenvalue weighted by atomic mass is 19.4. The van der Waals surface area contributed by atoms with Crippen LogP contribution in [0.3, 0.4) is 0 Å². The maximum atomic E-state index is 12.5. The van der Waals surface area contributed by atoms with Crippen molar-refractivity contribution < 1.29 is 22.5 Å². The van der Waals surface area contributed by atoms with Crippen molar-refractivity contribution in [3.8, 4) is 0 Å². The molecule has 1 heterocycles. The molecule has 1 atom stereocenters. The van der Waals surface area contributed by atoms with Gasteiger partial charge in [0.25, 0.3) is 5.91 Å². The third-order valence-corrected chi connectivity index (χ3v) is 3.37. The van der Waals surface area contributed by atoms with E-state index < -0.39 is 17.6 Å². The Morgan fingerprint density at radius 2 is 1.95 bits per heavy atom. The molecule has 0 bridgehead atoms. The highest BCUT2D eigenvalue weighted by Gasteiger charge is 2.30. The van der Waals surface area contributed by atoms with Crippen LogP contribution in [0.2, 0.25) is 0 Å². The van der Waals surface area contributed by atoms with E-state index in [2.05, 4.69) is 10.5 Å². The predicted octanol–water partition coefficient (Wildman–Crippen LogP) is 4.46. The van der Waals surface area contributed by atoms with Gasteiger partial charge < -0.3 is 9.84 Å². The number of hydrogen-bond acceptors (Lipinski definition) is 3. The fourth-order valence-corrected chi connectivity index (χ4v) is 1.90. The average Bonchev–Trinajstić information content (AvgIpc) is 2.95. The maximum absolute atomic E-state index is 12.5. The first-order valence-electron chi connectivity index (χ1n) is 6.76. The number of anilines is 1. The summed E-state index contributed by atoms with van der Waals surface area (Å²) >= 11 is 0. The van der Waals surface area contributed by atoms with Crippen LogP contribution in [0.4, 0.5) is 18.9 Å². The Bertz CT molecular complexity index is 648. The van der Waals surface area contributed by atoms with Gasteiger partial charge in [0.05, 0.1) is 11.8 Å². The molecule has 0 saturated heterocycles. The van der Waals surface area contributed by atoms with Gasteiger partial charge in [0, 0.05) is 11.6 Å². The van der Waals surface area contributed by atoms with Gasteiger partial charge >= 0.3 is 6.18 Å². The minimum Gasteiger partial charge on any atom is -0.360 e. The predicted molar refractivity (Wildman–Crippen MR) is 74.6 cm³/mol. The van der Waals surface area contributed by atoms with Crippen molar-refractivity contribution >= 4 is 11.6 Å². The van der Waals surface area contributed by atoms with Crippen molar-refractivity contribution in [3.05, 3.63) is 47.3 Å². The molecule has 1 aromatic carbocycles. The highest BCUT2D eigenvalue weighted by molar-refractivity contribution is 6.04. The number of hydrogen-bond donors (Lipinski definition) is 1. The van der Waals surface area contributed by atoms with Crippen LogP contribution in [0.25, 0.3) is 0 Å². The fraction of sp³-hybridized carbons (Fsp3) is 0.333. The van der Waals surface area contributed by atoms with Gasteiger partial charge in [-0.1, -0.05) is 19.0 Å². The monoisotopic (exact) mass is 312 g/mol. The van der Waals surface area contributed by atoms with E-state index in [1.807, 2.05) is 13.8 Å². The van der Waals surface area contributed by atoms with Crippen molar-refractivity contribution in [2.75, 3.05) is 5.32 Å². The molecule has 1 amide bonds. The number of benzene rings is 1. The summed E-state index contributed by atoms with van der Waals surface area (Å²) in [7, 11) is 0. The lowest BCUT2D eigenvalue weighted by Gasteiger charge is -2.09. The molecule has 1 N–H and O–H groups in total. The first kappa shape index (κ1) is 16.1. The molecule has 0 spiro atoms. The van der Waals surface area contributed by atoms with Crippen LogP contribution in [0, 0.1) is 0 Å². The zero-order chi connectivity index (χ0) is 16.3. The lowest BCUT2D eigenvalue weighted by Crippen LogP contribution is -2.14. The van der Waals surface area contributed by atoms with Gasteiger partial charge in [0.15, 0.2) is 5.76 Å². The van der Waals surface area contributed by atoms with E-state index >= 15 is 0 Å². The van der Waals surface area contributed by atoms with E-state index in [1.54, 1.807) is 0 Å². The molecule has 0 aliphatic rings. The molecule has 0 radical (unpaired) electrons. The van der Waals surface area contributed by atoms with Gasteiger partial charge in [-0.25, -0.2) is 0 Å². The maximum Gasteiger partial charge on any atom is 0.416 e. The number of aromatic nitrogens is 1. The van der Waals surface area contributed by atoms with Crippen LogP contribution in [-0.4, -0.2) is 11.1 Å². The molecule has 7 heteroatoms. The second-order valence-corrected chi connectivity index (χ2v) is 4.94. The SMILES string of the molecule is CCC(C)c1oncc1C(=O)Nc1ccc(C(F)(F)F)cc1. The van der Waals surface area contributed by atoms with Gasteiger partial charge in [0.1, 0.15) is 5.56 Å². The first-order chi connectivity index (χ1) is 10.3. The largest absolute Gasteiger partial charge is 0.416 e. The Kier molecular flexibility index (Phi) is 4.54. The molecule has 1 aromatic heterocycles. The van der Waals surface area contributed by atoms with E-state index in [4.69, 9.17) is 4.52 Å². The summed E-state index contributed by atoms with van der Waals surface area (Å²) in [5, 5.41) is 6.15. The molecule has 0 fully saturated rings. The molecular weight excluding hydrogens is 297 g/mol. The minimum absolute atomic E-state index is 0.0239. The average molecular weight is 312 g/mol. The van der Waals surface area contributed by atoms with Crippen molar-refractivity contribution in [1.82, 2.24) is 5.16 Å². The number of carbonyl (C=O) groups is 1. The van der Waals surface area contributed by atoms with Gasteiger partial charge in [-0.05, 0) is 30.7 Å². The van der Waals surface area contributed by atoms with Gasteiger partial charge in [-0.2, -0.15) is 13.2 Å². The smallest absolute Gasteiger partial charge is 0.360 e. The Hall–Kier alpha value is -2.31. The number of halogens is 3. The van der Waals surface area contributed by atoms with Crippen molar-refractivity contribution in [1.29, 1.82) is 0 Å². The molecule has 1 unspecified atom stereocenters. The highest BCUT2D eigenvalue weighted by Crippen LogP contribution is 2.30. The standard InChI is InChI=1S/C15H15F3N2O2/c1-3-9(2)13-12(8-19-22-13)14(21)20-11-6-4-10(5-7-11)15(16,17)18/h4-9H,3H2,1-2H3,(H,20,21). The quantitative estimate of drug-likeness (QED) is 0.907. The number of amides is 1. The van der Waals surface area contributed by atoms with E-state index in [-0.39, 0.29) is 17.2 Å². The van der Waals surface area contributed by atoms with Crippen molar-refractivity contribution in [2.24, 2.45) is 0 Å². The number of nitrogens with one attached hydrogen (secondary N) is 1. The summed E-state index contributed by atoms with van der Waals surface area (Å²) in [4.78, 5) is 12.2. The minimum atomic E-state index is -4.40. The summed E-state index contributed by atoms with van der Waals surface area (Å²) in [6.45, 7) is 3.85. The first-order valence-corrected chi connectivity index (χ1v) is 6.76. The lowest BCUT2D eigenvalue weighted by atomic mass is 10.0. The lowest BCUT2D eigenvalue weighted by molar-refractivity contribution is -0.137. The molecule has 0 aliphatic heterocycles. The molecule has 0 saturated carbocycles. The Balaban J connectivity index is 2.14. The zero-order valence-electron chi connectivity index (χ0n) is 12.1. The fourth-order valence-electron chi connectivity index (χ4n) is 1.90. The summed E-state index contributed by atoms with van der Waals surface area (Å²) < 4.78 is 42.5. The molecule has 22 heavy (non-hydrogen) atoms. The third kappa shape index (κ3) is 3.47. The van der Waals surface area contributed by atoms with Gasteiger partial charge in [-0.15, -0.1) is 0 Å². The van der Waals surface area contributed by atoms with Gasteiger partial charge in [0.2, 0.25) is 0 Å². The summed E-state index contributed by atoms with van der Waals surface area (Å²) in [5.41, 5.74) is -0.209. The van der Waals surface area contributed by atoms with Crippen LogP contribution >= 0.6 is 0 Å².